The van der Waals surface area contributed by atoms with Crippen LogP contribution in [-0.4, -0.2) is 44.1 Å². The zero-order valence-corrected chi connectivity index (χ0v) is 21.2. The van der Waals surface area contributed by atoms with Gasteiger partial charge in [-0.2, -0.15) is 56.7 Å². The van der Waals surface area contributed by atoms with Crippen LogP contribution in [0.15, 0.2) is 78.9 Å². The molecule has 3 aromatic carbocycles. The molecule has 0 aliphatic carbocycles. The topological polar surface area (TPSA) is 118 Å². The lowest BCUT2D eigenvalue weighted by molar-refractivity contribution is -0.0514. The number of ether oxygens (including phenoxy) is 1. The van der Waals surface area contributed by atoms with Gasteiger partial charge in [-0.05, 0) is 34.4 Å². The van der Waals surface area contributed by atoms with E-state index in [1.807, 2.05) is 18.2 Å². The summed E-state index contributed by atoms with van der Waals surface area (Å²) in [6.07, 6.45) is 0. The fourth-order valence-corrected chi connectivity index (χ4v) is 2.27. The van der Waals surface area contributed by atoms with Gasteiger partial charge in [0.15, 0.2) is 0 Å². The molecule has 2 N–H and O–H groups in total. The Morgan fingerprint density at radius 3 is 1.05 bits per heavy atom. The van der Waals surface area contributed by atoms with Crippen molar-refractivity contribution in [3.63, 3.8) is 0 Å². The van der Waals surface area contributed by atoms with E-state index in [0.29, 0.717) is 0 Å². The van der Waals surface area contributed by atoms with E-state index in [1.165, 1.54) is 22.3 Å². The molecule has 0 heterocycles. The third-order valence-corrected chi connectivity index (χ3v) is 5.17. The standard InChI is InChI=1S/C19H16O.2CHF3O3S.H2S/c1-20-19-13-11-18(12-14-19)17-9-7-16(8-10-17)15-5-3-2-4-6-15;2*2-1(3,4)8(5,6)7;/h2-14H,1H3;2*(H,5,6,7);1H2. The highest BCUT2D eigenvalue weighted by atomic mass is 32.2. The largest absolute Gasteiger partial charge is 0.522 e. The SMILES string of the molecule is COc1ccc(-c2ccc(-c3ccccc3)cc2)cc1.O=S(=O)(O)C(F)(F)F.O=S(=O)(O)C(F)(F)F.S. The Labute approximate surface area is 215 Å². The summed E-state index contributed by atoms with van der Waals surface area (Å²) in [7, 11) is -10.00. The molecule has 3 aromatic rings. The molecule has 0 aromatic heterocycles. The molecule has 0 spiro atoms. The van der Waals surface area contributed by atoms with Crippen molar-refractivity contribution in [1.29, 1.82) is 0 Å². The predicted octanol–water partition coefficient (Wildman–Crippen LogP) is 5.93. The van der Waals surface area contributed by atoms with Gasteiger partial charge in [0.1, 0.15) is 5.75 Å². The first-order chi connectivity index (χ1) is 16.4. The lowest BCUT2D eigenvalue weighted by Crippen LogP contribution is -2.21. The summed E-state index contributed by atoms with van der Waals surface area (Å²) in [5.74, 6) is 0.884. The van der Waals surface area contributed by atoms with Crippen LogP contribution < -0.4 is 4.74 Å². The van der Waals surface area contributed by atoms with Gasteiger partial charge in [0.25, 0.3) is 0 Å². The normalized spacial score (nSPS) is 11.6. The summed E-state index contributed by atoms with van der Waals surface area (Å²) in [5, 5.41) is 0. The molecule has 0 saturated heterocycles. The van der Waals surface area contributed by atoms with Gasteiger partial charge in [-0.15, -0.1) is 0 Å². The van der Waals surface area contributed by atoms with Crippen LogP contribution >= 0.6 is 13.5 Å². The molecule has 7 nitrogen and oxygen atoms in total. The molecule has 0 bridgehead atoms. The average molecular weight is 595 g/mol. The first-order valence-corrected chi connectivity index (χ1v) is 12.1. The molecule has 206 valence electrons. The zero-order chi connectivity index (χ0) is 27.8. The first-order valence-electron chi connectivity index (χ1n) is 9.24. The average Bonchev–Trinajstić information content (AvgIpc) is 2.78. The third-order valence-electron chi connectivity index (χ3n) is 4.00. The molecule has 0 unspecified atom stereocenters. The van der Waals surface area contributed by atoms with Gasteiger partial charge < -0.3 is 4.74 Å². The van der Waals surface area contributed by atoms with Gasteiger partial charge in [0, 0.05) is 0 Å². The highest BCUT2D eigenvalue weighted by Gasteiger charge is 2.45. The molecule has 0 aliphatic heterocycles. The van der Waals surface area contributed by atoms with Crippen molar-refractivity contribution >= 4 is 33.7 Å². The minimum absolute atomic E-state index is 0. The Morgan fingerprint density at radius 2 is 0.811 bits per heavy atom. The Hall–Kier alpha value is -2.79. The smallest absolute Gasteiger partial charge is 0.497 e. The van der Waals surface area contributed by atoms with Crippen LogP contribution in [0.25, 0.3) is 22.3 Å². The summed E-state index contributed by atoms with van der Waals surface area (Å²) in [6, 6.07) is 27.2. The minimum atomic E-state index is -5.84. The van der Waals surface area contributed by atoms with Crippen molar-refractivity contribution in [2.75, 3.05) is 7.11 Å². The summed E-state index contributed by atoms with van der Waals surface area (Å²) in [5.41, 5.74) is -6.17. The Morgan fingerprint density at radius 1 is 0.568 bits per heavy atom. The van der Waals surface area contributed by atoms with E-state index in [2.05, 4.69) is 60.7 Å². The number of hydrogen-bond acceptors (Lipinski definition) is 5. The highest BCUT2D eigenvalue weighted by molar-refractivity contribution is 7.86. The number of alkyl halides is 6. The summed E-state index contributed by atoms with van der Waals surface area (Å²) >= 11 is 0. The summed E-state index contributed by atoms with van der Waals surface area (Å²) in [6.45, 7) is 0. The lowest BCUT2D eigenvalue weighted by atomic mass is 10.0. The maximum Gasteiger partial charge on any atom is 0.522 e. The second-order valence-electron chi connectivity index (χ2n) is 6.51. The highest BCUT2D eigenvalue weighted by Crippen LogP contribution is 2.26. The van der Waals surface area contributed by atoms with Gasteiger partial charge in [-0.25, -0.2) is 0 Å². The van der Waals surface area contributed by atoms with Crippen LogP contribution in [0.4, 0.5) is 26.3 Å². The minimum Gasteiger partial charge on any atom is -0.497 e. The molecule has 0 radical (unpaired) electrons. The molecule has 0 amide bonds. The molecule has 0 saturated carbocycles. The molecular weight excluding hydrogens is 574 g/mol. The number of rotatable bonds is 3. The van der Waals surface area contributed by atoms with E-state index in [4.69, 9.17) is 30.7 Å². The third kappa shape index (κ3) is 11.4. The van der Waals surface area contributed by atoms with Crippen LogP contribution in [0.3, 0.4) is 0 Å². The van der Waals surface area contributed by atoms with Crippen molar-refractivity contribution in [3.05, 3.63) is 78.9 Å². The number of halogens is 6. The van der Waals surface area contributed by atoms with Gasteiger partial charge in [0.05, 0.1) is 7.11 Å². The van der Waals surface area contributed by atoms with E-state index < -0.39 is 31.3 Å². The molecule has 3 rings (SSSR count). The molecular formula is C21H20F6O7S3. The van der Waals surface area contributed by atoms with Crippen molar-refractivity contribution in [2.45, 2.75) is 11.0 Å². The zero-order valence-electron chi connectivity index (χ0n) is 18.5. The second-order valence-corrected chi connectivity index (χ2v) is 9.34. The maximum absolute atomic E-state index is 10.7. The molecule has 0 aliphatic rings. The first kappa shape index (κ1) is 34.2. The Balaban J connectivity index is 0.000000640. The van der Waals surface area contributed by atoms with Crippen molar-refractivity contribution < 1.29 is 57.0 Å². The fourth-order valence-electron chi connectivity index (χ4n) is 2.27. The quantitative estimate of drug-likeness (QED) is 0.219. The summed E-state index contributed by atoms with van der Waals surface area (Å²) in [4.78, 5) is 0. The predicted molar refractivity (Wildman–Crippen MR) is 129 cm³/mol. The molecule has 0 atom stereocenters. The van der Waals surface area contributed by atoms with E-state index in [0.717, 1.165) is 5.75 Å². The van der Waals surface area contributed by atoms with E-state index in [1.54, 1.807) is 7.11 Å². The van der Waals surface area contributed by atoms with Crippen molar-refractivity contribution in [2.24, 2.45) is 0 Å². The monoisotopic (exact) mass is 594 g/mol. The maximum atomic E-state index is 10.7. The van der Waals surface area contributed by atoms with Gasteiger partial charge >= 0.3 is 31.3 Å². The summed E-state index contributed by atoms with van der Waals surface area (Å²) < 4.78 is 120. The Bertz CT molecular complexity index is 1270. The fraction of sp³-hybridized carbons (Fsp3) is 0.143. The van der Waals surface area contributed by atoms with Crippen molar-refractivity contribution in [3.8, 4) is 28.0 Å². The van der Waals surface area contributed by atoms with Gasteiger partial charge in [-0.3, -0.25) is 9.11 Å². The van der Waals surface area contributed by atoms with E-state index >= 15 is 0 Å². The van der Waals surface area contributed by atoms with Crippen LogP contribution in [0.1, 0.15) is 0 Å². The van der Waals surface area contributed by atoms with E-state index in [-0.39, 0.29) is 13.5 Å². The van der Waals surface area contributed by atoms with Gasteiger partial charge in [0.2, 0.25) is 0 Å². The number of hydrogen-bond donors (Lipinski definition) is 2. The lowest BCUT2D eigenvalue weighted by Gasteiger charge is -2.06. The van der Waals surface area contributed by atoms with Crippen LogP contribution in [0.5, 0.6) is 5.75 Å². The second kappa shape index (κ2) is 13.7. The number of methoxy groups -OCH3 is 1. The van der Waals surface area contributed by atoms with Crippen LogP contribution in [0.2, 0.25) is 0 Å². The van der Waals surface area contributed by atoms with Crippen LogP contribution in [-0.2, 0) is 20.2 Å². The number of benzene rings is 3. The molecule has 0 fully saturated rings. The van der Waals surface area contributed by atoms with Crippen LogP contribution in [0, 0.1) is 0 Å². The molecule has 37 heavy (non-hydrogen) atoms. The van der Waals surface area contributed by atoms with E-state index in [9.17, 15) is 26.3 Å². The van der Waals surface area contributed by atoms with Crippen molar-refractivity contribution in [1.82, 2.24) is 0 Å². The molecule has 16 heteroatoms. The Kier molecular flexibility index (Phi) is 12.6. The van der Waals surface area contributed by atoms with Gasteiger partial charge in [-0.1, -0.05) is 66.7 Å².